The van der Waals surface area contributed by atoms with Gasteiger partial charge in [0.2, 0.25) is 0 Å². The lowest BCUT2D eigenvalue weighted by atomic mass is 10.1. The summed E-state index contributed by atoms with van der Waals surface area (Å²) in [4.78, 5) is 27.3. The molecular weight excluding hydrogens is 404 g/mol. The fourth-order valence-electron chi connectivity index (χ4n) is 3.35. The van der Waals surface area contributed by atoms with Gasteiger partial charge in [-0.15, -0.1) is 13.2 Å². The summed E-state index contributed by atoms with van der Waals surface area (Å²) in [5.41, 5.74) is 0.978. The maximum absolute atomic E-state index is 12.6. The molecular formula is C21H34N4O6. The van der Waals surface area contributed by atoms with E-state index in [0.29, 0.717) is 26.1 Å². The zero-order chi connectivity index (χ0) is 23.1. The number of ether oxygens (including phenoxy) is 1. The number of nitrogens with one attached hydrogen (secondary N) is 3. The minimum Gasteiger partial charge on any atom is -0.394 e. The molecule has 0 aromatic carbocycles. The predicted molar refractivity (Wildman–Crippen MR) is 117 cm³/mol. The van der Waals surface area contributed by atoms with Crippen molar-refractivity contribution < 1.29 is 20.1 Å². The van der Waals surface area contributed by atoms with Gasteiger partial charge in [0, 0.05) is 12.7 Å². The average molecular weight is 439 g/mol. The molecule has 10 nitrogen and oxygen atoms in total. The van der Waals surface area contributed by atoms with Crippen LogP contribution in [0, 0.1) is 0 Å². The summed E-state index contributed by atoms with van der Waals surface area (Å²) in [5.74, 6) is 0. The summed E-state index contributed by atoms with van der Waals surface area (Å²) < 4.78 is 6.49. The molecule has 0 radical (unpaired) electrons. The number of aromatic amines is 1. The minimum absolute atomic E-state index is 0.280. The molecule has 0 bridgehead atoms. The normalized spacial score (nSPS) is 24.3. The number of aromatic nitrogens is 2. The molecule has 174 valence electrons. The van der Waals surface area contributed by atoms with E-state index in [0.717, 1.165) is 22.1 Å². The highest BCUT2D eigenvalue weighted by Gasteiger charge is 2.44. The van der Waals surface area contributed by atoms with Crippen LogP contribution in [0.5, 0.6) is 0 Å². The third-order valence-corrected chi connectivity index (χ3v) is 5.18. The van der Waals surface area contributed by atoms with Crippen molar-refractivity contribution in [2.45, 2.75) is 57.3 Å². The third-order valence-electron chi connectivity index (χ3n) is 5.18. The van der Waals surface area contributed by atoms with Gasteiger partial charge in [0.05, 0.1) is 18.2 Å². The summed E-state index contributed by atoms with van der Waals surface area (Å²) in [7, 11) is 0. The lowest BCUT2D eigenvalue weighted by Crippen LogP contribution is -2.42. The van der Waals surface area contributed by atoms with Crippen molar-refractivity contribution in [3.05, 3.63) is 56.9 Å². The van der Waals surface area contributed by atoms with Gasteiger partial charge in [-0.25, -0.2) is 4.79 Å². The average Bonchev–Trinajstić information content (AvgIpc) is 2.98. The largest absolute Gasteiger partial charge is 0.394 e. The fourth-order valence-corrected chi connectivity index (χ4v) is 3.35. The zero-order valence-corrected chi connectivity index (χ0v) is 18.1. The van der Waals surface area contributed by atoms with Gasteiger partial charge in [-0.05, 0) is 39.8 Å². The van der Waals surface area contributed by atoms with Gasteiger partial charge in [0.25, 0.3) is 5.56 Å². The molecule has 0 aliphatic carbocycles. The Balaban J connectivity index is 2.30. The van der Waals surface area contributed by atoms with Gasteiger partial charge in [0.15, 0.2) is 6.23 Å². The Labute approximate surface area is 181 Å². The molecule has 1 aliphatic rings. The lowest BCUT2D eigenvalue weighted by molar-refractivity contribution is -0.0551. The highest BCUT2D eigenvalue weighted by atomic mass is 16.6. The number of H-pyrrole nitrogens is 1. The number of hydrogen-bond acceptors (Lipinski definition) is 8. The van der Waals surface area contributed by atoms with Crippen LogP contribution in [0.1, 0.15) is 44.5 Å². The molecule has 1 aromatic rings. The van der Waals surface area contributed by atoms with E-state index >= 15 is 0 Å². The van der Waals surface area contributed by atoms with Crippen LogP contribution in [0.2, 0.25) is 0 Å². The first-order valence-corrected chi connectivity index (χ1v) is 10.4. The molecule has 0 saturated carbocycles. The molecule has 1 fully saturated rings. The molecule has 5 atom stereocenters. The summed E-state index contributed by atoms with van der Waals surface area (Å²) >= 11 is 0. The Morgan fingerprint density at radius 1 is 1.19 bits per heavy atom. The van der Waals surface area contributed by atoms with E-state index in [1.807, 2.05) is 13.8 Å². The van der Waals surface area contributed by atoms with Crippen molar-refractivity contribution in [1.29, 1.82) is 0 Å². The van der Waals surface area contributed by atoms with Gasteiger partial charge < -0.3 is 30.7 Å². The minimum atomic E-state index is -1.43. The van der Waals surface area contributed by atoms with E-state index in [-0.39, 0.29) is 5.56 Å². The van der Waals surface area contributed by atoms with E-state index in [2.05, 4.69) is 28.8 Å². The van der Waals surface area contributed by atoms with Gasteiger partial charge in [0.1, 0.15) is 18.3 Å². The molecule has 10 heteroatoms. The van der Waals surface area contributed by atoms with Crippen molar-refractivity contribution in [3.8, 4) is 0 Å². The van der Waals surface area contributed by atoms with Gasteiger partial charge in [-0.3, -0.25) is 14.3 Å². The fraction of sp³-hybridized carbons (Fsp3) is 0.619. The Kier molecular flexibility index (Phi) is 9.35. The first kappa shape index (κ1) is 25.2. The van der Waals surface area contributed by atoms with Crippen LogP contribution in [0.15, 0.2) is 40.1 Å². The quantitative estimate of drug-likeness (QED) is 0.185. The van der Waals surface area contributed by atoms with Gasteiger partial charge >= 0.3 is 5.69 Å². The number of aliphatic hydroxyl groups is 3. The van der Waals surface area contributed by atoms with E-state index < -0.39 is 48.4 Å². The SMILES string of the molecule is C=C(C)CCNCC(NCCC(=C)C)c1cn([C@@H]2O[C@H](CO)[C@@H](O)[C@H]2O)c(=O)[nH]c1=O. The predicted octanol–water partition coefficient (Wildman–Crippen LogP) is -0.699. The van der Waals surface area contributed by atoms with Crippen LogP contribution in [0.25, 0.3) is 0 Å². The lowest BCUT2D eigenvalue weighted by Gasteiger charge is -2.22. The second-order valence-corrected chi connectivity index (χ2v) is 8.10. The summed E-state index contributed by atoms with van der Waals surface area (Å²) in [6.07, 6.45) is -2.22. The highest BCUT2D eigenvalue weighted by molar-refractivity contribution is 5.13. The Morgan fingerprint density at radius 3 is 2.42 bits per heavy atom. The number of rotatable bonds is 12. The smallest absolute Gasteiger partial charge is 0.330 e. The molecule has 31 heavy (non-hydrogen) atoms. The summed E-state index contributed by atoms with van der Waals surface area (Å²) in [5, 5.41) is 36.2. The van der Waals surface area contributed by atoms with Crippen LogP contribution in [-0.4, -0.2) is 69.4 Å². The molecule has 1 unspecified atom stereocenters. The molecule has 1 aromatic heterocycles. The first-order chi connectivity index (χ1) is 14.6. The molecule has 1 aliphatic heterocycles. The molecule has 6 N–H and O–H groups in total. The maximum atomic E-state index is 12.6. The monoisotopic (exact) mass is 438 g/mol. The molecule has 0 amide bonds. The second-order valence-electron chi connectivity index (χ2n) is 8.10. The summed E-state index contributed by atoms with van der Waals surface area (Å²) in [6, 6.07) is -0.433. The molecule has 2 rings (SSSR count). The van der Waals surface area contributed by atoms with Crippen molar-refractivity contribution in [3.63, 3.8) is 0 Å². The highest BCUT2D eigenvalue weighted by Crippen LogP contribution is 2.28. The molecule has 2 heterocycles. The topological polar surface area (TPSA) is 149 Å². The van der Waals surface area contributed by atoms with Crippen LogP contribution >= 0.6 is 0 Å². The van der Waals surface area contributed by atoms with E-state index in [1.165, 1.54) is 6.20 Å². The van der Waals surface area contributed by atoms with Crippen molar-refractivity contribution in [2.24, 2.45) is 0 Å². The number of nitrogens with zero attached hydrogens (tertiary/aromatic N) is 1. The van der Waals surface area contributed by atoms with E-state index in [9.17, 15) is 24.9 Å². The first-order valence-electron chi connectivity index (χ1n) is 10.4. The van der Waals surface area contributed by atoms with E-state index in [1.54, 1.807) is 0 Å². The molecule has 1 saturated heterocycles. The Bertz CT molecular complexity index is 879. The standard InChI is InChI=1S/C21H34N4O6/c1-12(2)5-7-22-9-15(23-8-6-13(3)4)14-10-25(21(30)24-19(14)29)20-18(28)17(27)16(11-26)31-20/h10,15-18,20,22-23,26-28H,1,3,5-9,11H2,2,4H3,(H,24,29,30)/t15?,16-,17-,18-,20-/m1/s1. The van der Waals surface area contributed by atoms with Crippen LogP contribution < -0.4 is 21.9 Å². The van der Waals surface area contributed by atoms with Crippen molar-refractivity contribution in [2.75, 3.05) is 26.2 Å². The summed E-state index contributed by atoms with van der Waals surface area (Å²) in [6.45, 7) is 12.8. The third kappa shape index (κ3) is 6.70. The molecule has 0 spiro atoms. The van der Waals surface area contributed by atoms with Crippen molar-refractivity contribution in [1.82, 2.24) is 20.2 Å². The van der Waals surface area contributed by atoms with Gasteiger partial charge in [-0.1, -0.05) is 11.1 Å². The maximum Gasteiger partial charge on any atom is 0.330 e. The number of hydrogen-bond donors (Lipinski definition) is 6. The zero-order valence-electron chi connectivity index (χ0n) is 18.1. The second kappa shape index (κ2) is 11.5. The van der Waals surface area contributed by atoms with Crippen LogP contribution in [0.3, 0.4) is 0 Å². The van der Waals surface area contributed by atoms with E-state index in [4.69, 9.17) is 4.74 Å². The van der Waals surface area contributed by atoms with Gasteiger partial charge in [-0.2, -0.15) is 0 Å². The number of aliphatic hydroxyl groups excluding tert-OH is 3. The van der Waals surface area contributed by atoms with Crippen LogP contribution in [-0.2, 0) is 4.74 Å². The Hall–Kier alpha value is -2.08. The Morgan fingerprint density at radius 2 is 1.84 bits per heavy atom. The van der Waals surface area contributed by atoms with Crippen LogP contribution in [0.4, 0.5) is 0 Å². The van der Waals surface area contributed by atoms with Crippen molar-refractivity contribution >= 4 is 0 Å².